The average Bonchev–Trinajstić information content (AvgIpc) is 2.01. The van der Waals surface area contributed by atoms with E-state index in [4.69, 9.17) is 4.78 Å². The predicted octanol–water partition coefficient (Wildman–Crippen LogP) is 1.37. The minimum absolute atomic E-state index is 0.0743. The van der Waals surface area contributed by atoms with Gasteiger partial charge in [-0.3, -0.25) is 8.99 Å². The van der Waals surface area contributed by atoms with Crippen LogP contribution in [0.5, 0.6) is 0 Å². The predicted molar refractivity (Wildman–Crippen MR) is 62.3 cm³/mol. The molecule has 0 fully saturated rings. The summed E-state index contributed by atoms with van der Waals surface area (Å²) in [4.78, 5) is 0. The molecule has 0 aliphatic rings. The molecule has 1 unspecified atom stereocenters. The van der Waals surface area contributed by atoms with E-state index >= 15 is 0 Å². The standard InChI is InChI=1S/C10H20N2O2S/c1-4-7-12(3,8-5-2)9-6-10-15(11,13)14/h4-5H,1-2,6-10H2,3H3,(H-,11,13,14). The molecule has 0 aromatic heterocycles. The fourth-order valence-corrected chi connectivity index (χ4v) is 2.03. The maximum absolute atomic E-state index is 10.7. The molecule has 0 aliphatic heterocycles. The molecule has 88 valence electrons. The summed E-state index contributed by atoms with van der Waals surface area (Å²) in [7, 11) is -1.56. The van der Waals surface area contributed by atoms with Crippen molar-refractivity contribution in [2.24, 2.45) is 0 Å². The van der Waals surface area contributed by atoms with Gasteiger partial charge in [-0.1, -0.05) is 13.2 Å². The number of likely N-dealkylation sites (N-methyl/N-ethyl adjacent to an activating group) is 1. The Morgan fingerprint density at radius 2 is 1.87 bits per heavy atom. The molecule has 0 radical (unpaired) electrons. The van der Waals surface area contributed by atoms with Gasteiger partial charge in [0.25, 0.3) is 0 Å². The van der Waals surface area contributed by atoms with Crippen molar-refractivity contribution in [2.45, 2.75) is 6.42 Å². The molecule has 4 nitrogen and oxygen atoms in total. The van der Waals surface area contributed by atoms with E-state index in [9.17, 15) is 8.76 Å². The van der Waals surface area contributed by atoms with Crippen molar-refractivity contribution in [3.63, 3.8) is 0 Å². The second-order valence-corrected chi connectivity index (χ2v) is 5.60. The molecule has 0 rings (SSSR count). The highest BCUT2D eigenvalue weighted by Gasteiger charge is 2.17. The summed E-state index contributed by atoms with van der Waals surface area (Å²) in [5.41, 5.74) is 0. The number of quaternary nitrogens is 1. The van der Waals surface area contributed by atoms with Crippen molar-refractivity contribution in [1.82, 2.24) is 0 Å². The SMILES string of the molecule is C=CC[N+](C)(CC=C)CCCS(=N)(=O)[O-]. The Kier molecular flexibility index (Phi) is 5.79. The topological polar surface area (TPSA) is 64.0 Å². The minimum Gasteiger partial charge on any atom is -0.764 e. The third-order valence-electron chi connectivity index (χ3n) is 2.25. The summed E-state index contributed by atoms with van der Waals surface area (Å²) < 4.78 is 28.8. The number of rotatable bonds is 8. The molecule has 0 amide bonds. The van der Waals surface area contributed by atoms with Crippen molar-refractivity contribution in [1.29, 1.82) is 4.78 Å². The van der Waals surface area contributed by atoms with Crippen molar-refractivity contribution in [3.8, 4) is 0 Å². The fourth-order valence-electron chi connectivity index (χ4n) is 1.52. The average molecular weight is 232 g/mol. The maximum atomic E-state index is 10.7. The third-order valence-corrected chi connectivity index (χ3v) is 3.08. The molecule has 5 heteroatoms. The Morgan fingerprint density at radius 1 is 1.40 bits per heavy atom. The Hall–Kier alpha value is -0.650. The van der Waals surface area contributed by atoms with Gasteiger partial charge in [0.05, 0.1) is 26.7 Å². The third kappa shape index (κ3) is 7.30. The summed E-state index contributed by atoms with van der Waals surface area (Å²) in [6.45, 7) is 9.64. The van der Waals surface area contributed by atoms with Crippen LogP contribution in [-0.4, -0.2) is 45.7 Å². The van der Waals surface area contributed by atoms with Crippen LogP contribution in [0.1, 0.15) is 6.42 Å². The highest BCUT2D eigenvalue weighted by molar-refractivity contribution is 7.86. The van der Waals surface area contributed by atoms with Crippen LogP contribution in [0.15, 0.2) is 25.3 Å². The van der Waals surface area contributed by atoms with E-state index in [0.29, 0.717) is 10.9 Å². The van der Waals surface area contributed by atoms with Crippen molar-refractivity contribution < 1.29 is 13.2 Å². The van der Waals surface area contributed by atoms with Crippen LogP contribution >= 0.6 is 0 Å². The first-order valence-electron chi connectivity index (χ1n) is 4.86. The van der Waals surface area contributed by atoms with Crippen LogP contribution in [0.25, 0.3) is 0 Å². The Morgan fingerprint density at radius 3 is 2.20 bits per heavy atom. The van der Waals surface area contributed by atoms with Gasteiger partial charge in [-0.2, -0.15) is 0 Å². The minimum atomic E-state index is -3.59. The van der Waals surface area contributed by atoms with Gasteiger partial charge in [-0.25, -0.2) is 0 Å². The summed E-state index contributed by atoms with van der Waals surface area (Å²) in [5.74, 6) is -0.0743. The molecule has 1 N–H and O–H groups in total. The molecule has 0 saturated heterocycles. The lowest BCUT2D eigenvalue weighted by Gasteiger charge is -2.32. The van der Waals surface area contributed by atoms with Gasteiger partial charge in [0.15, 0.2) is 0 Å². The Labute approximate surface area is 92.7 Å². The second-order valence-electron chi connectivity index (χ2n) is 3.96. The summed E-state index contributed by atoms with van der Waals surface area (Å²) >= 11 is 0. The van der Waals surface area contributed by atoms with Gasteiger partial charge in [0.1, 0.15) is 0 Å². The Bertz CT molecular complexity index is 299. The monoisotopic (exact) mass is 232 g/mol. The van der Waals surface area contributed by atoms with E-state index in [-0.39, 0.29) is 5.75 Å². The molecule has 0 saturated carbocycles. The molecule has 0 bridgehead atoms. The molecule has 15 heavy (non-hydrogen) atoms. The van der Waals surface area contributed by atoms with Crippen molar-refractivity contribution in [2.75, 3.05) is 32.4 Å². The lowest BCUT2D eigenvalue weighted by molar-refractivity contribution is -0.898. The van der Waals surface area contributed by atoms with Crippen LogP contribution in [0.2, 0.25) is 0 Å². The molecule has 0 aromatic carbocycles. The normalized spacial score (nSPS) is 15.6. The lowest BCUT2D eigenvalue weighted by Crippen LogP contribution is -2.45. The first-order chi connectivity index (χ1) is 6.83. The van der Waals surface area contributed by atoms with E-state index in [1.807, 2.05) is 19.2 Å². The highest BCUT2D eigenvalue weighted by atomic mass is 32.2. The van der Waals surface area contributed by atoms with E-state index in [2.05, 4.69) is 13.2 Å². The van der Waals surface area contributed by atoms with Crippen LogP contribution < -0.4 is 0 Å². The first-order valence-corrected chi connectivity index (χ1v) is 6.51. The zero-order valence-corrected chi connectivity index (χ0v) is 10.1. The molecule has 0 aliphatic carbocycles. The molecule has 1 atom stereocenters. The summed E-state index contributed by atoms with van der Waals surface area (Å²) in [6.07, 6.45) is 4.14. The van der Waals surface area contributed by atoms with E-state index in [1.54, 1.807) is 0 Å². The smallest absolute Gasteiger partial charge is 0.0971 e. The summed E-state index contributed by atoms with van der Waals surface area (Å²) in [6, 6.07) is 0. The van der Waals surface area contributed by atoms with Gasteiger partial charge < -0.3 is 9.04 Å². The molecule has 0 spiro atoms. The molecular formula is C10H20N2O2S. The van der Waals surface area contributed by atoms with E-state index in [1.165, 1.54) is 0 Å². The van der Waals surface area contributed by atoms with Crippen molar-refractivity contribution in [3.05, 3.63) is 25.3 Å². The largest absolute Gasteiger partial charge is 0.764 e. The van der Waals surface area contributed by atoms with Gasteiger partial charge >= 0.3 is 0 Å². The van der Waals surface area contributed by atoms with Crippen LogP contribution in [-0.2, 0) is 10.0 Å². The van der Waals surface area contributed by atoms with E-state index < -0.39 is 10.0 Å². The summed E-state index contributed by atoms with van der Waals surface area (Å²) in [5, 5.41) is 0. The van der Waals surface area contributed by atoms with Crippen LogP contribution in [0, 0.1) is 4.78 Å². The Balaban J connectivity index is 4.18. The highest BCUT2D eigenvalue weighted by Crippen LogP contribution is 2.05. The zero-order chi connectivity index (χ0) is 11.9. The van der Waals surface area contributed by atoms with Gasteiger partial charge in [-0.05, 0) is 22.2 Å². The lowest BCUT2D eigenvalue weighted by atomic mass is 10.3. The number of nitrogens with zero attached hydrogens (tertiary/aromatic N) is 1. The number of hydrogen-bond donors (Lipinski definition) is 1. The molecular weight excluding hydrogens is 212 g/mol. The van der Waals surface area contributed by atoms with Gasteiger partial charge in [0.2, 0.25) is 0 Å². The fraction of sp³-hybridized carbons (Fsp3) is 0.600. The van der Waals surface area contributed by atoms with E-state index in [0.717, 1.165) is 19.6 Å². The van der Waals surface area contributed by atoms with Crippen molar-refractivity contribution >= 4 is 10.0 Å². The molecule has 0 heterocycles. The van der Waals surface area contributed by atoms with Gasteiger partial charge in [0, 0.05) is 12.2 Å². The maximum Gasteiger partial charge on any atom is 0.0971 e. The number of nitrogens with one attached hydrogen (secondary N) is 1. The second kappa shape index (κ2) is 6.05. The molecule has 0 aromatic rings. The van der Waals surface area contributed by atoms with Crippen LogP contribution in [0.4, 0.5) is 0 Å². The van der Waals surface area contributed by atoms with Crippen LogP contribution in [0.3, 0.4) is 0 Å². The van der Waals surface area contributed by atoms with Gasteiger partial charge in [-0.15, -0.1) is 0 Å². The zero-order valence-electron chi connectivity index (χ0n) is 9.28. The quantitative estimate of drug-likeness (QED) is 0.507. The first kappa shape index (κ1) is 14.3. The number of hydrogen-bond acceptors (Lipinski definition) is 3.